The lowest BCUT2D eigenvalue weighted by molar-refractivity contribution is -0.145. The maximum Gasteiger partial charge on any atom is 0.254 e. The molecule has 5 unspecified atom stereocenters. The van der Waals surface area contributed by atoms with E-state index in [1.165, 1.54) is 7.05 Å². The van der Waals surface area contributed by atoms with E-state index in [-0.39, 0.29) is 42.5 Å². The number of carbonyl (C=O) groups excluding carboxylic acids is 4. The Hall–Kier alpha value is -2.32. The highest BCUT2D eigenvalue weighted by Gasteiger charge is 2.42. The molecule has 3 N–H and O–H groups in total. The lowest BCUT2D eigenvalue weighted by Crippen LogP contribution is -2.56. The third kappa shape index (κ3) is 9.60. The van der Waals surface area contributed by atoms with Gasteiger partial charge in [0.2, 0.25) is 27.7 Å². The second kappa shape index (κ2) is 15.4. The van der Waals surface area contributed by atoms with Gasteiger partial charge < -0.3 is 15.5 Å². The number of amides is 4. The fourth-order valence-corrected chi connectivity index (χ4v) is 7.13. The van der Waals surface area contributed by atoms with E-state index in [4.69, 9.17) is 0 Å². The molecular weight excluding hydrogens is 582 g/mol. The molecule has 238 valence electrons. The molecule has 3 rings (SSSR count). The average Bonchev–Trinajstić information content (AvgIpc) is 3.69. The van der Waals surface area contributed by atoms with Gasteiger partial charge in [0.05, 0.1) is 11.5 Å². The number of rotatable bonds is 15. The number of nitrogens with one attached hydrogen (secondary N) is 3. The van der Waals surface area contributed by atoms with E-state index in [2.05, 4.69) is 21.9 Å². The van der Waals surface area contributed by atoms with Crippen LogP contribution >= 0.6 is 0 Å². The minimum Gasteiger partial charge on any atom is -0.355 e. The summed E-state index contributed by atoms with van der Waals surface area (Å²) in [6.45, 7) is 6.10. The molecule has 0 aromatic heterocycles. The normalized spacial score (nSPS) is 22.6. The smallest absolute Gasteiger partial charge is 0.254 e. The van der Waals surface area contributed by atoms with E-state index >= 15 is 0 Å². The molecule has 0 radical (unpaired) electrons. The Balaban J connectivity index is 1.68. The minimum absolute atomic E-state index is 0.0109. The molecule has 3 aliphatic rings. The van der Waals surface area contributed by atoms with Crippen LogP contribution in [0.2, 0.25) is 0 Å². The highest BCUT2D eigenvalue weighted by Crippen LogP contribution is 2.35. The third-order valence-corrected chi connectivity index (χ3v) is 11.4. The zero-order valence-electron chi connectivity index (χ0n) is 25.0. The van der Waals surface area contributed by atoms with E-state index in [0.29, 0.717) is 19.4 Å². The van der Waals surface area contributed by atoms with Crippen LogP contribution in [0.15, 0.2) is 12.7 Å². The number of hydrogen-bond acceptors (Lipinski definition) is 7. The number of likely N-dealkylation sites (tertiary alicyclic amines) is 1. The van der Waals surface area contributed by atoms with E-state index < -0.39 is 56.7 Å². The first-order chi connectivity index (χ1) is 19.8. The predicted molar refractivity (Wildman–Crippen MR) is 160 cm³/mol. The standard InChI is InChI=1S/C28H47N5O7S2/c1-5-19(2)25(27(36)31-41(38)21-13-14-21)30-26(35)23-12-9-16-33(23)28(37)22(20-10-7-6-8-11-20)18-24(34)29-15-17-32(3)42(4,39)40/h5,19-23,25H,1,6-18H2,2-4H3,(H,29,34)(H,30,35)(H,31,36). The van der Waals surface area contributed by atoms with Crippen molar-refractivity contribution in [1.29, 1.82) is 0 Å². The first-order valence-corrected chi connectivity index (χ1v) is 18.0. The average molecular weight is 630 g/mol. The summed E-state index contributed by atoms with van der Waals surface area (Å²) < 4.78 is 39.2. The summed E-state index contributed by atoms with van der Waals surface area (Å²) in [4.78, 5) is 54.9. The van der Waals surface area contributed by atoms with Gasteiger partial charge in [-0.1, -0.05) is 32.3 Å². The molecule has 1 saturated heterocycles. The van der Waals surface area contributed by atoms with Crippen LogP contribution in [0.1, 0.15) is 71.1 Å². The Morgan fingerprint density at radius 1 is 1.07 bits per heavy atom. The Bertz CT molecular complexity index is 1140. The summed E-state index contributed by atoms with van der Waals surface area (Å²) in [7, 11) is -3.44. The monoisotopic (exact) mass is 629 g/mol. The van der Waals surface area contributed by atoms with Crippen LogP contribution in [0.5, 0.6) is 0 Å². The summed E-state index contributed by atoms with van der Waals surface area (Å²) in [5, 5.41) is 5.48. The molecule has 4 amide bonds. The third-order valence-electron chi connectivity index (χ3n) is 8.60. The van der Waals surface area contributed by atoms with Gasteiger partial charge in [0, 0.05) is 44.9 Å². The fourth-order valence-electron chi connectivity index (χ4n) is 5.65. The molecule has 12 nitrogen and oxygen atoms in total. The Kier molecular flexibility index (Phi) is 12.5. The van der Waals surface area contributed by atoms with Crippen molar-refractivity contribution in [1.82, 2.24) is 24.6 Å². The molecule has 0 aromatic rings. The molecule has 0 aromatic carbocycles. The van der Waals surface area contributed by atoms with Crippen LogP contribution in [0.4, 0.5) is 0 Å². The summed E-state index contributed by atoms with van der Waals surface area (Å²) in [5.41, 5.74) is 0. The Morgan fingerprint density at radius 2 is 1.74 bits per heavy atom. The van der Waals surface area contributed by atoms with Crippen LogP contribution < -0.4 is 15.4 Å². The van der Waals surface area contributed by atoms with Gasteiger partial charge in [-0.15, -0.1) is 6.58 Å². The molecule has 1 heterocycles. The summed E-state index contributed by atoms with van der Waals surface area (Å²) in [6.07, 6.45) is 9.89. The Morgan fingerprint density at radius 3 is 2.33 bits per heavy atom. The highest BCUT2D eigenvalue weighted by atomic mass is 32.2. The molecule has 14 heteroatoms. The van der Waals surface area contributed by atoms with E-state index in [1.54, 1.807) is 17.9 Å². The van der Waals surface area contributed by atoms with Gasteiger partial charge >= 0.3 is 0 Å². The topological polar surface area (TPSA) is 162 Å². The SMILES string of the molecule is C=CC(C)C(NC(=O)C1CCCN1C(=O)C(CC(=O)NCCN(C)S(C)(=O)=O)C1CCCCC1)C(=O)NS(=O)C1CC1. The molecule has 3 fully saturated rings. The van der Waals surface area contributed by atoms with Crippen LogP contribution in [0, 0.1) is 17.8 Å². The number of hydrogen-bond donors (Lipinski definition) is 3. The van der Waals surface area contributed by atoms with Crippen molar-refractivity contribution in [3.05, 3.63) is 12.7 Å². The van der Waals surface area contributed by atoms with Crippen LogP contribution in [0.3, 0.4) is 0 Å². The number of sulfonamides is 1. The van der Waals surface area contributed by atoms with Gasteiger partial charge in [0.1, 0.15) is 23.1 Å². The predicted octanol–water partition coefficient (Wildman–Crippen LogP) is 0.821. The van der Waals surface area contributed by atoms with E-state index in [1.807, 2.05) is 0 Å². The van der Waals surface area contributed by atoms with Gasteiger partial charge in [-0.05, 0) is 44.4 Å². The quantitative estimate of drug-likeness (QED) is 0.226. The molecular formula is C28H47N5O7S2. The summed E-state index contributed by atoms with van der Waals surface area (Å²) in [6, 6.07) is -1.77. The van der Waals surface area contributed by atoms with Crippen molar-refractivity contribution in [2.24, 2.45) is 17.8 Å². The van der Waals surface area contributed by atoms with Crippen molar-refractivity contribution < 1.29 is 31.8 Å². The lowest BCUT2D eigenvalue weighted by Gasteiger charge is -2.34. The summed E-state index contributed by atoms with van der Waals surface area (Å²) in [5.74, 6) is -2.60. The molecule has 2 aliphatic carbocycles. The van der Waals surface area contributed by atoms with Crippen LogP contribution in [-0.4, -0.2) is 95.7 Å². The van der Waals surface area contributed by atoms with Gasteiger partial charge in [-0.25, -0.2) is 16.9 Å². The van der Waals surface area contributed by atoms with E-state index in [9.17, 15) is 31.8 Å². The van der Waals surface area contributed by atoms with Gasteiger partial charge in [-0.3, -0.25) is 23.9 Å². The fraction of sp³-hybridized carbons (Fsp3) is 0.786. The van der Waals surface area contributed by atoms with Crippen molar-refractivity contribution in [3.63, 3.8) is 0 Å². The zero-order chi connectivity index (χ0) is 31.0. The van der Waals surface area contributed by atoms with Gasteiger partial charge in [0.15, 0.2) is 0 Å². The lowest BCUT2D eigenvalue weighted by atomic mass is 9.77. The van der Waals surface area contributed by atoms with Crippen molar-refractivity contribution in [3.8, 4) is 0 Å². The molecule has 42 heavy (non-hydrogen) atoms. The van der Waals surface area contributed by atoms with Crippen molar-refractivity contribution >= 4 is 44.6 Å². The van der Waals surface area contributed by atoms with Crippen LogP contribution in [0.25, 0.3) is 0 Å². The van der Waals surface area contributed by atoms with E-state index in [0.717, 1.165) is 55.5 Å². The first-order valence-electron chi connectivity index (χ1n) is 15.0. The molecule has 0 spiro atoms. The maximum absolute atomic E-state index is 14.0. The highest BCUT2D eigenvalue weighted by molar-refractivity contribution is 7.88. The van der Waals surface area contributed by atoms with Gasteiger partial charge in [0.25, 0.3) is 5.91 Å². The number of nitrogens with zero attached hydrogens (tertiary/aromatic N) is 2. The molecule has 0 bridgehead atoms. The molecule has 1 aliphatic heterocycles. The Labute approximate surface area is 252 Å². The largest absolute Gasteiger partial charge is 0.355 e. The first kappa shape index (κ1) is 34.2. The molecule has 2 saturated carbocycles. The second-order valence-corrected chi connectivity index (χ2v) is 15.4. The summed E-state index contributed by atoms with van der Waals surface area (Å²) >= 11 is 0. The zero-order valence-corrected chi connectivity index (χ0v) is 26.6. The van der Waals surface area contributed by atoms with Crippen molar-refractivity contribution in [2.45, 2.75) is 88.5 Å². The minimum atomic E-state index is -3.37. The maximum atomic E-state index is 14.0. The number of carbonyl (C=O) groups is 4. The van der Waals surface area contributed by atoms with Gasteiger partial charge in [-0.2, -0.15) is 0 Å². The second-order valence-electron chi connectivity index (χ2n) is 11.9. The molecule has 5 atom stereocenters. The number of likely N-dealkylation sites (N-methyl/N-ethyl adjacent to an activating group) is 1. The van der Waals surface area contributed by atoms with Crippen molar-refractivity contribution in [2.75, 3.05) is 32.9 Å². The van der Waals surface area contributed by atoms with Crippen LogP contribution in [-0.2, 0) is 40.2 Å².